The van der Waals surface area contributed by atoms with Crippen LogP contribution in [0.2, 0.25) is 0 Å². The quantitative estimate of drug-likeness (QED) is 0.757. The van der Waals surface area contributed by atoms with Gasteiger partial charge in [-0.1, -0.05) is 30.3 Å². The van der Waals surface area contributed by atoms with Crippen LogP contribution < -0.4 is 11.1 Å². The summed E-state index contributed by atoms with van der Waals surface area (Å²) in [6, 6.07) is 9.59. The molecular weight excluding hydrogens is 204 g/mol. The molecule has 3 N–H and O–H groups in total. The Morgan fingerprint density at radius 2 is 2.19 bits per heavy atom. The molecule has 16 heavy (non-hydrogen) atoms. The number of morpholine rings is 1. The van der Waals surface area contributed by atoms with Crippen LogP contribution in [0, 0.1) is 0 Å². The van der Waals surface area contributed by atoms with Crippen molar-refractivity contribution < 1.29 is 9.53 Å². The molecule has 1 aromatic rings. The van der Waals surface area contributed by atoms with E-state index in [-0.39, 0.29) is 18.1 Å². The molecule has 1 aliphatic heterocycles. The molecule has 0 aromatic heterocycles. The van der Waals surface area contributed by atoms with Crippen LogP contribution in [-0.2, 0) is 16.0 Å². The fraction of sp³-hybridized carbons (Fsp3) is 0.417. The maximum absolute atomic E-state index is 11.2. The smallest absolute Gasteiger partial charge is 0.237 e. The molecule has 1 heterocycles. The molecule has 1 fully saturated rings. The van der Waals surface area contributed by atoms with Crippen LogP contribution in [0.15, 0.2) is 30.3 Å². The van der Waals surface area contributed by atoms with E-state index in [1.807, 2.05) is 30.3 Å². The van der Waals surface area contributed by atoms with Crippen LogP contribution in [0.5, 0.6) is 0 Å². The van der Waals surface area contributed by atoms with Crippen LogP contribution >= 0.6 is 0 Å². The molecule has 2 atom stereocenters. The zero-order valence-corrected chi connectivity index (χ0v) is 9.06. The Hall–Kier alpha value is -1.39. The molecule has 0 bridgehead atoms. The van der Waals surface area contributed by atoms with Gasteiger partial charge >= 0.3 is 0 Å². The number of nitrogens with two attached hydrogens (primary N) is 1. The van der Waals surface area contributed by atoms with Crippen LogP contribution in [0.25, 0.3) is 0 Å². The lowest BCUT2D eigenvalue weighted by Crippen LogP contribution is -2.55. The van der Waals surface area contributed by atoms with Crippen LogP contribution in [-0.4, -0.2) is 31.2 Å². The molecule has 0 radical (unpaired) electrons. The van der Waals surface area contributed by atoms with Crippen LogP contribution in [0.3, 0.4) is 0 Å². The number of nitrogens with one attached hydrogen (secondary N) is 1. The maximum Gasteiger partial charge on any atom is 0.237 e. The molecule has 1 amide bonds. The minimum absolute atomic E-state index is 0.159. The van der Waals surface area contributed by atoms with Gasteiger partial charge in [0.2, 0.25) is 5.91 Å². The normalized spacial score (nSPS) is 25.2. The predicted molar refractivity (Wildman–Crippen MR) is 60.9 cm³/mol. The first-order chi connectivity index (χ1) is 7.77. The monoisotopic (exact) mass is 220 g/mol. The molecule has 1 aliphatic rings. The van der Waals surface area contributed by atoms with Gasteiger partial charge in [-0.25, -0.2) is 0 Å². The second-order valence-electron chi connectivity index (χ2n) is 3.93. The number of carbonyl (C=O) groups excluding carboxylic acids is 1. The zero-order valence-electron chi connectivity index (χ0n) is 9.06. The van der Waals surface area contributed by atoms with Crippen molar-refractivity contribution in [2.45, 2.75) is 18.6 Å². The fourth-order valence-corrected chi connectivity index (χ4v) is 1.96. The highest BCUT2D eigenvalue weighted by atomic mass is 16.5. The van der Waals surface area contributed by atoms with Gasteiger partial charge in [-0.15, -0.1) is 0 Å². The number of hydrogen-bond donors (Lipinski definition) is 2. The number of rotatable bonds is 3. The minimum Gasteiger partial charge on any atom is -0.374 e. The van der Waals surface area contributed by atoms with E-state index in [0.717, 1.165) is 5.56 Å². The van der Waals surface area contributed by atoms with E-state index in [2.05, 4.69) is 5.32 Å². The molecule has 1 aromatic carbocycles. The molecule has 1 saturated heterocycles. The van der Waals surface area contributed by atoms with Crippen LogP contribution in [0.1, 0.15) is 5.56 Å². The van der Waals surface area contributed by atoms with E-state index >= 15 is 0 Å². The average molecular weight is 220 g/mol. The van der Waals surface area contributed by atoms with Gasteiger partial charge in [-0.05, 0) is 5.56 Å². The van der Waals surface area contributed by atoms with Crippen molar-refractivity contribution in [1.29, 1.82) is 0 Å². The molecule has 0 saturated carbocycles. The van der Waals surface area contributed by atoms with Gasteiger partial charge in [0.25, 0.3) is 0 Å². The van der Waals surface area contributed by atoms with Crippen LogP contribution in [0.4, 0.5) is 0 Å². The van der Waals surface area contributed by atoms with E-state index in [4.69, 9.17) is 10.5 Å². The Morgan fingerprint density at radius 1 is 1.44 bits per heavy atom. The van der Waals surface area contributed by atoms with Crippen molar-refractivity contribution in [3.63, 3.8) is 0 Å². The minimum atomic E-state index is -0.381. The lowest BCUT2D eigenvalue weighted by atomic mass is 10.0. The summed E-state index contributed by atoms with van der Waals surface area (Å²) in [6.07, 6.45) is 0.551. The summed E-state index contributed by atoms with van der Waals surface area (Å²) in [5, 5.41) is 3.09. The molecule has 2 rings (SSSR count). The lowest BCUT2D eigenvalue weighted by molar-refractivity contribution is -0.126. The Kier molecular flexibility index (Phi) is 3.54. The highest BCUT2D eigenvalue weighted by Crippen LogP contribution is 2.12. The highest BCUT2D eigenvalue weighted by molar-refractivity contribution is 5.80. The third-order valence-corrected chi connectivity index (χ3v) is 2.76. The Morgan fingerprint density at radius 3 is 2.88 bits per heavy atom. The molecule has 4 heteroatoms. The SMILES string of the molecule is NC(=O)C1NCCOC1Cc1ccccc1. The maximum atomic E-state index is 11.2. The Bertz CT molecular complexity index is 353. The summed E-state index contributed by atoms with van der Waals surface area (Å²) < 4.78 is 5.59. The summed E-state index contributed by atoms with van der Waals surface area (Å²) >= 11 is 0. The van der Waals surface area contributed by atoms with Crippen molar-refractivity contribution in [1.82, 2.24) is 5.32 Å². The first-order valence-electron chi connectivity index (χ1n) is 5.45. The number of primary amides is 1. The third-order valence-electron chi connectivity index (χ3n) is 2.76. The number of carbonyl (C=O) groups is 1. The molecule has 0 aliphatic carbocycles. The summed E-state index contributed by atoms with van der Waals surface area (Å²) in [6.45, 7) is 1.31. The largest absolute Gasteiger partial charge is 0.374 e. The van der Waals surface area contributed by atoms with E-state index in [0.29, 0.717) is 19.6 Å². The highest BCUT2D eigenvalue weighted by Gasteiger charge is 2.29. The molecular formula is C12H16N2O2. The average Bonchev–Trinajstić information content (AvgIpc) is 2.31. The van der Waals surface area contributed by atoms with Gasteiger partial charge in [0.1, 0.15) is 6.04 Å². The van der Waals surface area contributed by atoms with Gasteiger partial charge in [0.15, 0.2) is 0 Å². The van der Waals surface area contributed by atoms with Crippen molar-refractivity contribution in [2.24, 2.45) is 5.73 Å². The van der Waals surface area contributed by atoms with Gasteiger partial charge in [0.05, 0.1) is 12.7 Å². The Balaban J connectivity index is 2.04. The summed E-state index contributed by atoms with van der Waals surface area (Å²) in [7, 11) is 0. The van der Waals surface area contributed by atoms with E-state index < -0.39 is 0 Å². The molecule has 2 unspecified atom stereocenters. The number of amides is 1. The summed E-state index contributed by atoms with van der Waals surface area (Å²) in [5.41, 5.74) is 6.48. The molecule has 86 valence electrons. The van der Waals surface area contributed by atoms with Crippen molar-refractivity contribution in [3.05, 3.63) is 35.9 Å². The second kappa shape index (κ2) is 5.09. The van der Waals surface area contributed by atoms with Crippen molar-refractivity contribution >= 4 is 5.91 Å². The fourth-order valence-electron chi connectivity index (χ4n) is 1.96. The molecule has 0 spiro atoms. The number of benzene rings is 1. The Labute approximate surface area is 94.8 Å². The zero-order chi connectivity index (χ0) is 11.4. The summed E-state index contributed by atoms with van der Waals surface area (Å²) in [4.78, 5) is 11.2. The number of ether oxygens (including phenoxy) is 1. The number of hydrogen-bond acceptors (Lipinski definition) is 3. The third kappa shape index (κ3) is 2.59. The van der Waals surface area contributed by atoms with E-state index in [1.54, 1.807) is 0 Å². The summed E-state index contributed by atoms with van der Waals surface area (Å²) in [5.74, 6) is -0.347. The topological polar surface area (TPSA) is 64.4 Å². The molecule has 4 nitrogen and oxygen atoms in total. The van der Waals surface area contributed by atoms with E-state index in [9.17, 15) is 4.79 Å². The van der Waals surface area contributed by atoms with Gasteiger partial charge in [-0.3, -0.25) is 4.79 Å². The van der Waals surface area contributed by atoms with Gasteiger partial charge < -0.3 is 15.8 Å². The first kappa shape index (κ1) is 11.1. The van der Waals surface area contributed by atoms with Crippen molar-refractivity contribution in [3.8, 4) is 0 Å². The predicted octanol–water partition coefficient (Wildman–Crippen LogP) is 0.0714. The second-order valence-corrected chi connectivity index (χ2v) is 3.93. The first-order valence-corrected chi connectivity index (χ1v) is 5.45. The van der Waals surface area contributed by atoms with Gasteiger partial charge in [0, 0.05) is 13.0 Å². The van der Waals surface area contributed by atoms with Gasteiger partial charge in [-0.2, -0.15) is 0 Å². The lowest BCUT2D eigenvalue weighted by Gasteiger charge is -2.30. The van der Waals surface area contributed by atoms with Crippen molar-refractivity contribution in [2.75, 3.05) is 13.2 Å². The standard InChI is InChI=1S/C12H16N2O2/c13-12(15)11-10(16-7-6-14-11)8-9-4-2-1-3-5-9/h1-5,10-11,14H,6-8H2,(H2,13,15). The van der Waals surface area contributed by atoms with E-state index in [1.165, 1.54) is 0 Å².